The predicted octanol–water partition coefficient (Wildman–Crippen LogP) is 3.31. The summed E-state index contributed by atoms with van der Waals surface area (Å²) in [5, 5.41) is 0. The van der Waals surface area contributed by atoms with Gasteiger partial charge in [0, 0.05) is 5.92 Å². The van der Waals surface area contributed by atoms with Gasteiger partial charge in [0.2, 0.25) is 0 Å². The monoisotopic (exact) mass is 260 g/mol. The van der Waals surface area contributed by atoms with E-state index in [9.17, 15) is 9.18 Å². The van der Waals surface area contributed by atoms with Crippen molar-refractivity contribution in [1.82, 2.24) is 0 Å². The van der Waals surface area contributed by atoms with Crippen molar-refractivity contribution in [3.8, 4) is 5.75 Å². The van der Waals surface area contributed by atoms with Gasteiger partial charge in [-0.2, -0.15) is 0 Å². The minimum atomic E-state index is -0.493. The van der Waals surface area contributed by atoms with Crippen LogP contribution in [0.1, 0.15) is 29.6 Å². The first-order chi connectivity index (χ1) is 9.22. The molecule has 1 aromatic rings. The summed E-state index contributed by atoms with van der Waals surface area (Å²) < 4.78 is 19.1. The topological polar surface area (TPSA) is 26.3 Å². The second-order valence-corrected chi connectivity index (χ2v) is 6.20. The van der Waals surface area contributed by atoms with E-state index in [4.69, 9.17) is 4.74 Å². The Morgan fingerprint density at radius 2 is 1.95 bits per heavy atom. The van der Waals surface area contributed by atoms with Crippen LogP contribution in [0.5, 0.6) is 5.75 Å². The summed E-state index contributed by atoms with van der Waals surface area (Å²) in [6.45, 7) is 0. The highest BCUT2D eigenvalue weighted by Crippen LogP contribution is 2.70. The van der Waals surface area contributed by atoms with Gasteiger partial charge in [0.05, 0.1) is 12.7 Å². The van der Waals surface area contributed by atoms with Crippen LogP contribution in [0.3, 0.4) is 0 Å². The summed E-state index contributed by atoms with van der Waals surface area (Å²) in [5.41, 5.74) is 0.221. The Balaban J connectivity index is 1.63. The number of hydrogen-bond donors (Lipinski definition) is 0. The second-order valence-electron chi connectivity index (χ2n) is 6.20. The van der Waals surface area contributed by atoms with Crippen LogP contribution in [0.4, 0.5) is 4.39 Å². The molecule has 0 amide bonds. The highest BCUT2D eigenvalue weighted by Gasteiger charge is 2.67. The van der Waals surface area contributed by atoms with E-state index >= 15 is 0 Å². The maximum Gasteiger partial charge on any atom is 0.175 e. The van der Waals surface area contributed by atoms with Gasteiger partial charge in [0.1, 0.15) is 0 Å². The number of fused-ring (bicyclic) bond motifs is 5. The van der Waals surface area contributed by atoms with Crippen LogP contribution in [-0.4, -0.2) is 12.9 Å². The van der Waals surface area contributed by atoms with Gasteiger partial charge in [-0.05, 0) is 55.1 Å². The fraction of sp³-hybridized carbons (Fsp3) is 0.562. The zero-order chi connectivity index (χ0) is 13.1. The number of carbonyl (C=O) groups is 1. The number of benzene rings is 1. The van der Waals surface area contributed by atoms with Gasteiger partial charge < -0.3 is 4.74 Å². The number of Topliss-reactive ketones (excluding diaryl/α,β-unsaturated/α-hetero) is 1. The fourth-order valence-corrected chi connectivity index (χ4v) is 4.71. The molecule has 1 aromatic carbocycles. The van der Waals surface area contributed by atoms with Crippen molar-refractivity contribution in [2.75, 3.05) is 7.11 Å². The molecule has 0 radical (unpaired) electrons. The number of methoxy groups -OCH3 is 1. The van der Waals surface area contributed by atoms with Crippen molar-refractivity contribution in [2.45, 2.75) is 19.3 Å². The summed E-state index contributed by atoms with van der Waals surface area (Å²) in [4.78, 5) is 12.5. The lowest BCUT2D eigenvalue weighted by Gasteiger charge is -2.10. The molecule has 2 bridgehead atoms. The average Bonchev–Trinajstić information content (AvgIpc) is 2.86. The van der Waals surface area contributed by atoms with Gasteiger partial charge in [-0.25, -0.2) is 4.39 Å². The van der Waals surface area contributed by atoms with E-state index < -0.39 is 5.82 Å². The first kappa shape index (κ1) is 11.4. The highest BCUT2D eigenvalue weighted by molar-refractivity contribution is 6.00. The third kappa shape index (κ3) is 1.44. The summed E-state index contributed by atoms with van der Waals surface area (Å²) in [6.07, 6.45) is 3.85. The summed E-state index contributed by atoms with van der Waals surface area (Å²) in [5.74, 6) is 2.34. The number of halogens is 1. The molecule has 4 atom stereocenters. The molecule has 0 saturated heterocycles. The number of ketones is 1. The Bertz CT molecular complexity index is 538. The molecule has 100 valence electrons. The summed E-state index contributed by atoms with van der Waals surface area (Å²) >= 11 is 0. The smallest absolute Gasteiger partial charge is 0.175 e. The molecule has 0 heterocycles. The third-order valence-corrected chi connectivity index (χ3v) is 5.49. The Hall–Kier alpha value is -1.38. The molecular formula is C16H17FO2. The number of hydrogen-bond acceptors (Lipinski definition) is 2. The molecule has 4 unspecified atom stereocenters. The van der Waals surface area contributed by atoms with Crippen molar-refractivity contribution in [2.24, 2.45) is 29.6 Å². The van der Waals surface area contributed by atoms with E-state index in [0.29, 0.717) is 11.8 Å². The second kappa shape index (κ2) is 3.81. The van der Waals surface area contributed by atoms with Crippen LogP contribution in [0.15, 0.2) is 18.2 Å². The van der Waals surface area contributed by atoms with Gasteiger partial charge in [-0.15, -0.1) is 0 Å². The van der Waals surface area contributed by atoms with Gasteiger partial charge in [-0.3, -0.25) is 4.79 Å². The fourth-order valence-electron chi connectivity index (χ4n) is 4.71. The number of rotatable bonds is 3. The highest BCUT2D eigenvalue weighted by atomic mass is 19.1. The number of carbonyl (C=O) groups excluding carboxylic acids is 1. The molecule has 0 spiro atoms. The third-order valence-electron chi connectivity index (χ3n) is 5.49. The van der Waals surface area contributed by atoms with Crippen LogP contribution < -0.4 is 4.74 Å². The molecule has 3 aliphatic rings. The lowest BCUT2D eigenvalue weighted by atomic mass is 9.96. The average molecular weight is 260 g/mol. The lowest BCUT2D eigenvalue weighted by Crippen LogP contribution is -2.12. The van der Waals surface area contributed by atoms with Crippen molar-refractivity contribution in [1.29, 1.82) is 0 Å². The first-order valence-electron chi connectivity index (χ1n) is 7.09. The zero-order valence-corrected chi connectivity index (χ0v) is 10.9. The summed E-state index contributed by atoms with van der Waals surface area (Å²) in [6, 6.07) is 4.85. The molecule has 3 heteroatoms. The largest absolute Gasteiger partial charge is 0.494 e. The molecule has 0 N–H and O–H groups in total. The van der Waals surface area contributed by atoms with Gasteiger partial charge in [0.15, 0.2) is 17.3 Å². The Labute approximate surface area is 112 Å². The van der Waals surface area contributed by atoms with Crippen LogP contribution in [0, 0.1) is 35.4 Å². The maximum atomic E-state index is 14.2. The van der Waals surface area contributed by atoms with E-state index in [0.717, 1.165) is 11.8 Å². The van der Waals surface area contributed by atoms with Crippen molar-refractivity contribution < 1.29 is 13.9 Å². The van der Waals surface area contributed by atoms with E-state index in [1.807, 2.05) is 0 Å². The standard InChI is InChI=1S/C16H17FO2/c1-19-11-4-2-3-10(15(11)17)16(18)14-12-8-5-6-9(7-8)13(12)14/h2-4,8-9,12-14H,5-7H2,1H3. The van der Waals surface area contributed by atoms with Crippen LogP contribution in [0.25, 0.3) is 0 Å². The van der Waals surface area contributed by atoms with Crippen LogP contribution >= 0.6 is 0 Å². The van der Waals surface area contributed by atoms with E-state index in [-0.39, 0.29) is 23.0 Å². The molecule has 0 aromatic heterocycles. The Morgan fingerprint density at radius 1 is 1.26 bits per heavy atom. The van der Waals surface area contributed by atoms with Crippen LogP contribution in [0.2, 0.25) is 0 Å². The molecule has 3 saturated carbocycles. The SMILES string of the molecule is COc1cccc(C(=O)C2C3C4CCC(C4)C23)c1F. The van der Waals surface area contributed by atoms with Gasteiger partial charge >= 0.3 is 0 Å². The Morgan fingerprint density at radius 3 is 2.58 bits per heavy atom. The molecule has 3 aliphatic carbocycles. The molecule has 3 fully saturated rings. The molecule has 2 nitrogen and oxygen atoms in total. The Kier molecular flexibility index (Phi) is 2.30. The first-order valence-corrected chi connectivity index (χ1v) is 7.09. The molecule has 4 rings (SSSR count). The van der Waals surface area contributed by atoms with Gasteiger partial charge in [-0.1, -0.05) is 6.07 Å². The number of ether oxygens (including phenoxy) is 1. The van der Waals surface area contributed by atoms with E-state index in [2.05, 4.69) is 0 Å². The van der Waals surface area contributed by atoms with Crippen molar-refractivity contribution in [3.05, 3.63) is 29.6 Å². The molecule has 19 heavy (non-hydrogen) atoms. The maximum absolute atomic E-state index is 14.2. The van der Waals surface area contributed by atoms with E-state index in [1.54, 1.807) is 18.2 Å². The predicted molar refractivity (Wildman–Crippen MR) is 68.6 cm³/mol. The van der Waals surface area contributed by atoms with Gasteiger partial charge in [0.25, 0.3) is 0 Å². The van der Waals surface area contributed by atoms with E-state index in [1.165, 1.54) is 26.4 Å². The minimum absolute atomic E-state index is 0.00278. The minimum Gasteiger partial charge on any atom is -0.494 e. The summed E-state index contributed by atoms with van der Waals surface area (Å²) in [7, 11) is 1.43. The van der Waals surface area contributed by atoms with Crippen molar-refractivity contribution >= 4 is 5.78 Å². The normalized spacial score (nSPS) is 38.1. The molecule has 0 aliphatic heterocycles. The zero-order valence-electron chi connectivity index (χ0n) is 10.9. The van der Waals surface area contributed by atoms with Crippen molar-refractivity contribution in [3.63, 3.8) is 0 Å². The van der Waals surface area contributed by atoms with Crippen LogP contribution in [-0.2, 0) is 0 Å². The lowest BCUT2D eigenvalue weighted by molar-refractivity contribution is 0.0939. The molecular weight excluding hydrogens is 243 g/mol. The quantitative estimate of drug-likeness (QED) is 0.779.